The van der Waals surface area contributed by atoms with Crippen molar-refractivity contribution in [3.05, 3.63) is 0 Å². The standard InChI is InChI=1S/C8H13F3N2O2S/c1-5(7(12)16)2-13-6(14)3-15-4-8(9,10)11/h5H,2-4H2,1H3,(H2,12,16)(H,13,14). The van der Waals surface area contributed by atoms with Crippen LogP contribution in [0.15, 0.2) is 0 Å². The van der Waals surface area contributed by atoms with Crippen molar-refractivity contribution in [2.75, 3.05) is 19.8 Å². The summed E-state index contributed by atoms with van der Waals surface area (Å²) in [5.74, 6) is -0.839. The number of nitrogens with one attached hydrogen (secondary N) is 1. The molecule has 0 rings (SSSR count). The molecular formula is C8H13F3N2O2S. The lowest BCUT2D eigenvalue weighted by Gasteiger charge is -2.11. The van der Waals surface area contributed by atoms with E-state index in [0.29, 0.717) is 0 Å². The van der Waals surface area contributed by atoms with E-state index in [0.717, 1.165) is 0 Å². The average Bonchev–Trinajstić information content (AvgIpc) is 2.11. The first kappa shape index (κ1) is 15.1. The summed E-state index contributed by atoms with van der Waals surface area (Å²) in [6.45, 7) is -0.197. The zero-order valence-electron chi connectivity index (χ0n) is 8.63. The second kappa shape index (κ2) is 6.64. The fraction of sp³-hybridized carbons (Fsp3) is 0.750. The van der Waals surface area contributed by atoms with Gasteiger partial charge in [-0.3, -0.25) is 4.79 Å². The molecule has 4 nitrogen and oxygen atoms in total. The highest BCUT2D eigenvalue weighted by molar-refractivity contribution is 7.80. The molecule has 0 aliphatic heterocycles. The first-order chi connectivity index (χ1) is 7.22. The Morgan fingerprint density at radius 2 is 2.12 bits per heavy atom. The van der Waals surface area contributed by atoms with Crippen LogP contribution in [0.4, 0.5) is 13.2 Å². The number of halogens is 3. The number of rotatable bonds is 6. The van der Waals surface area contributed by atoms with Crippen LogP contribution in [0, 0.1) is 5.92 Å². The number of nitrogens with two attached hydrogens (primary N) is 1. The zero-order valence-corrected chi connectivity index (χ0v) is 9.45. The van der Waals surface area contributed by atoms with Gasteiger partial charge < -0.3 is 15.8 Å². The van der Waals surface area contributed by atoms with Crippen LogP contribution >= 0.6 is 12.2 Å². The molecule has 16 heavy (non-hydrogen) atoms. The normalized spacial score (nSPS) is 13.2. The Labute approximate surface area is 96.3 Å². The second-order valence-corrected chi connectivity index (χ2v) is 3.69. The molecule has 1 unspecified atom stereocenters. The van der Waals surface area contributed by atoms with Gasteiger partial charge in [-0.25, -0.2) is 0 Å². The summed E-state index contributed by atoms with van der Waals surface area (Å²) >= 11 is 4.65. The van der Waals surface area contributed by atoms with Crippen molar-refractivity contribution >= 4 is 23.1 Å². The highest BCUT2D eigenvalue weighted by Gasteiger charge is 2.27. The largest absolute Gasteiger partial charge is 0.411 e. The third kappa shape index (κ3) is 8.42. The molecule has 0 aliphatic rings. The molecule has 3 N–H and O–H groups in total. The quantitative estimate of drug-likeness (QED) is 0.685. The molecular weight excluding hydrogens is 245 g/mol. The summed E-state index contributed by atoms with van der Waals surface area (Å²) < 4.78 is 39.1. The molecule has 0 aromatic rings. The van der Waals surface area contributed by atoms with Crippen LogP contribution in [0.2, 0.25) is 0 Å². The first-order valence-electron chi connectivity index (χ1n) is 4.43. The fourth-order valence-corrected chi connectivity index (χ4v) is 0.761. The summed E-state index contributed by atoms with van der Waals surface area (Å²) in [6, 6.07) is 0. The predicted octanol–water partition coefficient (Wildman–Crippen LogP) is 0.604. The number of alkyl halides is 3. The third-order valence-corrected chi connectivity index (χ3v) is 1.99. The zero-order chi connectivity index (χ0) is 12.8. The van der Waals surface area contributed by atoms with Crippen LogP contribution in [-0.2, 0) is 9.53 Å². The summed E-state index contributed by atoms with van der Waals surface area (Å²) in [4.78, 5) is 11.2. The van der Waals surface area contributed by atoms with Gasteiger partial charge in [0.05, 0.1) is 4.99 Å². The van der Waals surface area contributed by atoms with Gasteiger partial charge >= 0.3 is 6.18 Å². The van der Waals surface area contributed by atoms with Crippen LogP contribution in [0.3, 0.4) is 0 Å². The Hall–Kier alpha value is -0.890. The molecule has 94 valence electrons. The van der Waals surface area contributed by atoms with E-state index < -0.39 is 25.3 Å². The lowest BCUT2D eigenvalue weighted by atomic mass is 10.2. The van der Waals surface area contributed by atoms with Crippen molar-refractivity contribution in [3.8, 4) is 0 Å². The van der Waals surface area contributed by atoms with Crippen molar-refractivity contribution < 1.29 is 22.7 Å². The number of amides is 1. The predicted molar refractivity (Wildman–Crippen MR) is 55.8 cm³/mol. The molecule has 0 spiro atoms. The van der Waals surface area contributed by atoms with Gasteiger partial charge in [0.2, 0.25) is 5.91 Å². The Morgan fingerprint density at radius 3 is 2.56 bits per heavy atom. The molecule has 8 heteroatoms. The lowest BCUT2D eigenvalue weighted by molar-refractivity contribution is -0.175. The van der Waals surface area contributed by atoms with Gasteiger partial charge in [-0.1, -0.05) is 19.1 Å². The molecule has 0 saturated heterocycles. The Kier molecular flexibility index (Phi) is 6.27. The number of carbonyl (C=O) groups is 1. The Bertz CT molecular complexity index is 258. The van der Waals surface area contributed by atoms with Crippen molar-refractivity contribution in [3.63, 3.8) is 0 Å². The van der Waals surface area contributed by atoms with E-state index in [9.17, 15) is 18.0 Å². The smallest absolute Gasteiger partial charge is 0.393 e. The number of hydrogen-bond acceptors (Lipinski definition) is 3. The van der Waals surface area contributed by atoms with Gasteiger partial charge in [-0.05, 0) is 0 Å². The van der Waals surface area contributed by atoms with Crippen LogP contribution in [0.25, 0.3) is 0 Å². The molecule has 0 bridgehead atoms. The van der Waals surface area contributed by atoms with Gasteiger partial charge in [-0.2, -0.15) is 13.2 Å². The minimum atomic E-state index is -4.42. The van der Waals surface area contributed by atoms with E-state index in [1.54, 1.807) is 6.92 Å². The average molecular weight is 258 g/mol. The molecule has 1 amide bonds. The minimum absolute atomic E-state index is 0.184. The lowest BCUT2D eigenvalue weighted by Crippen LogP contribution is -2.36. The number of ether oxygens (including phenoxy) is 1. The topological polar surface area (TPSA) is 64.3 Å². The van der Waals surface area contributed by atoms with E-state index in [4.69, 9.17) is 5.73 Å². The van der Waals surface area contributed by atoms with E-state index in [1.807, 2.05) is 0 Å². The number of thiocarbonyl (C=S) groups is 1. The highest BCUT2D eigenvalue weighted by Crippen LogP contribution is 2.13. The number of hydrogen-bond donors (Lipinski definition) is 2. The molecule has 0 aliphatic carbocycles. The molecule has 0 radical (unpaired) electrons. The molecule has 0 heterocycles. The van der Waals surface area contributed by atoms with E-state index in [-0.39, 0.29) is 17.5 Å². The third-order valence-electron chi connectivity index (χ3n) is 1.59. The monoisotopic (exact) mass is 258 g/mol. The van der Waals surface area contributed by atoms with Crippen molar-refractivity contribution in [1.82, 2.24) is 5.32 Å². The summed E-state index contributed by atoms with van der Waals surface area (Å²) in [7, 11) is 0. The fourth-order valence-electron chi connectivity index (χ4n) is 0.678. The van der Waals surface area contributed by atoms with Gasteiger partial charge in [0.15, 0.2) is 0 Å². The van der Waals surface area contributed by atoms with Crippen LogP contribution in [0.1, 0.15) is 6.92 Å². The maximum absolute atomic E-state index is 11.6. The molecule has 0 aromatic carbocycles. The van der Waals surface area contributed by atoms with Crippen molar-refractivity contribution in [2.45, 2.75) is 13.1 Å². The second-order valence-electron chi connectivity index (χ2n) is 3.22. The van der Waals surface area contributed by atoms with E-state index in [1.165, 1.54) is 0 Å². The van der Waals surface area contributed by atoms with Gasteiger partial charge in [0.1, 0.15) is 13.2 Å². The summed E-state index contributed by atoms with van der Waals surface area (Å²) in [6.07, 6.45) is -4.42. The van der Waals surface area contributed by atoms with Gasteiger partial charge in [0.25, 0.3) is 0 Å². The van der Waals surface area contributed by atoms with Crippen molar-refractivity contribution in [2.24, 2.45) is 11.7 Å². The molecule has 0 aromatic heterocycles. The summed E-state index contributed by atoms with van der Waals surface area (Å²) in [5.41, 5.74) is 5.28. The highest BCUT2D eigenvalue weighted by atomic mass is 32.1. The summed E-state index contributed by atoms with van der Waals surface area (Å²) in [5, 5.41) is 2.35. The first-order valence-corrected chi connectivity index (χ1v) is 4.83. The van der Waals surface area contributed by atoms with Crippen LogP contribution < -0.4 is 11.1 Å². The maximum atomic E-state index is 11.6. The maximum Gasteiger partial charge on any atom is 0.411 e. The Morgan fingerprint density at radius 1 is 1.56 bits per heavy atom. The van der Waals surface area contributed by atoms with Crippen LogP contribution in [0.5, 0.6) is 0 Å². The number of carbonyl (C=O) groups excluding carboxylic acids is 1. The SMILES string of the molecule is CC(CNC(=O)COCC(F)(F)F)C(N)=S. The van der Waals surface area contributed by atoms with E-state index >= 15 is 0 Å². The van der Waals surface area contributed by atoms with Gasteiger partial charge in [0, 0.05) is 12.5 Å². The minimum Gasteiger partial charge on any atom is -0.393 e. The molecule has 0 saturated carbocycles. The Balaban J connectivity index is 3.64. The molecule has 0 fully saturated rings. The van der Waals surface area contributed by atoms with Crippen molar-refractivity contribution in [1.29, 1.82) is 0 Å². The van der Waals surface area contributed by atoms with Crippen LogP contribution in [-0.4, -0.2) is 36.8 Å². The molecule has 1 atom stereocenters. The van der Waals surface area contributed by atoms with Gasteiger partial charge in [-0.15, -0.1) is 0 Å². The van der Waals surface area contributed by atoms with E-state index in [2.05, 4.69) is 22.3 Å².